The van der Waals surface area contributed by atoms with Crippen LogP contribution in [0.25, 0.3) is 22.3 Å². The molecule has 4 aromatic rings. The number of carbonyl (C=O) groups is 1. The van der Waals surface area contributed by atoms with E-state index in [1.807, 2.05) is 0 Å². The van der Waals surface area contributed by atoms with E-state index >= 15 is 0 Å². The Kier molecular flexibility index (Phi) is 4.01. The largest absolute Gasteiger partial charge is 0.573 e. The number of halogens is 4. The Balaban J connectivity index is 1.74. The second-order valence-corrected chi connectivity index (χ2v) is 6.95. The van der Waals surface area contributed by atoms with E-state index in [9.17, 15) is 18.0 Å². The van der Waals surface area contributed by atoms with Crippen molar-refractivity contribution < 1.29 is 27.4 Å². The molecule has 0 atom stereocenters. The van der Waals surface area contributed by atoms with Gasteiger partial charge in [-0.1, -0.05) is 11.6 Å². The van der Waals surface area contributed by atoms with Crippen LogP contribution in [0.15, 0.2) is 60.8 Å². The van der Waals surface area contributed by atoms with Gasteiger partial charge in [0.25, 0.3) is 5.91 Å². The minimum absolute atomic E-state index is 0.0960. The normalized spacial score (nSPS) is 12.7. The monoisotopic (exact) mass is 430 g/mol. The predicted molar refractivity (Wildman–Crippen MR) is 103 cm³/mol. The van der Waals surface area contributed by atoms with Gasteiger partial charge in [0.1, 0.15) is 22.8 Å². The first-order valence-corrected chi connectivity index (χ1v) is 9.07. The molecule has 30 heavy (non-hydrogen) atoms. The van der Waals surface area contributed by atoms with Crippen LogP contribution in [0.4, 0.5) is 13.2 Å². The highest BCUT2D eigenvalue weighted by Gasteiger charge is 2.34. The molecule has 0 fully saturated rings. The smallest absolute Gasteiger partial charge is 0.456 e. The van der Waals surface area contributed by atoms with E-state index in [2.05, 4.69) is 9.72 Å². The number of rotatable bonds is 3. The molecule has 0 N–H and O–H groups in total. The van der Waals surface area contributed by atoms with E-state index in [0.29, 0.717) is 27.7 Å². The quantitative estimate of drug-likeness (QED) is 0.349. The van der Waals surface area contributed by atoms with Gasteiger partial charge in [0.2, 0.25) is 0 Å². The standard InChI is InChI=1S/C21H10ClF3N2O3/c22-11-3-5-12(6-4-11)29-19-14-10-13(30-21(23,24)25)7-8-15(14)26-18-16-2-1-9-27(16)20(28)17(18)19/h1-10H. The van der Waals surface area contributed by atoms with Crippen LogP contribution >= 0.6 is 11.6 Å². The molecule has 3 heterocycles. The van der Waals surface area contributed by atoms with E-state index in [1.165, 1.54) is 10.6 Å². The summed E-state index contributed by atoms with van der Waals surface area (Å²) in [6.07, 6.45) is -3.27. The van der Waals surface area contributed by atoms with Crippen LogP contribution in [0, 0.1) is 0 Å². The summed E-state index contributed by atoms with van der Waals surface area (Å²) in [6, 6.07) is 13.5. The van der Waals surface area contributed by atoms with Gasteiger partial charge in [0.05, 0.1) is 11.2 Å². The fourth-order valence-corrected chi connectivity index (χ4v) is 3.52. The first-order chi connectivity index (χ1) is 14.3. The Hall–Kier alpha value is -3.52. The van der Waals surface area contributed by atoms with Gasteiger partial charge in [0, 0.05) is 16.6 Å². The Labute approximate surface area is 172 Å². The Morgan fingerprint density at radius 1 is 1.00 bits per heavy atom. The van der Waals surface area contributed by atoms with Gasteiger partial charge in [-0.2, -0.15) is 0 Å². The van der Waals surface area contributed by atoms with E-state index in [0.717, 1.165) is 12.1 Å². The topological polar surface area (TPSA) is 53.4 Å². The van der Waals surface area contributed by atoms with Gasteiger partial charge < -0.3 is 9.47 Å². The summed E-state index contributed by atoms with van der Waals surface area (Å²) in [5.41, 5.74) is 1.49. The van der Waals surface area contributed by atoms with Crippen LogP contribution in [-0.2, 0) is 0 Å². The molecule has 1 aliphatic heterocycles. The molecular formula is C21H10ClF3N2O3. The van der Waals surface area contributed by atoms with Crippen LogP contribution in [0.5, 0.6) is 17.2 Å². The summed E-state index contributed by atoms with van der Waals surface area (Å²) < 4.78 is 49.5. The summed E-state index contributed by atoms with van der Waals surface area (Å²) >= 11 is 5.91. The number of nitrogens with zero attached hydrogens (tertiary/aromatic N) is 2. The van der Waals surface area contributed by atoms with Crippen LogP contribution in [0.3, 0.4) is 0 Å². The number of fused-ring (bicyclic) bond motifs is 4. The highest BCUT2D eigenvalue weighted by Crippen LogP contribution is 2.43. The molecule has 1 aliphatic rings. The lowest BCUT2D eigenvalue weighted by molar-refractivity contribution is -0.274. The molecule has 9 heteroatoms. The maximum Gasteiger partial charge on any atom is 0.573 e. The van der Waals surface area contributed by atoms with Crippen molar-refractivity contribution in [3.05, 3.63) is 71.4 Å². The van der Waals surface area contributed by atoms with Gasteiger partial charge in [-0.15, -0.1) is 13.2 Å². The third-order valence-electron chi connectivity index (χ3n) is 4.60. The molecular weight excluding hydrogens is 421 g/mol. The summed E-state index contributed by atoms with van der Waals surface area (Å²) in [4.78, 5) is 17.5. The summed E-state index contributed by atoms with van der Waals surface area (Å²) in [5, 5.41) is 0.699. The van der Waals surface area contributed by atoms with Gasteiger partial charge >= 0.3 is 6.36 Å². The molecule has 0 radical (unpaired) electrons. The summed E-state index contributed by atoms with van der Waals surface area (Å²) in [6.45, 7) is 0. The number of alkyl halides is 3. The average molecular weight is 431 g/mol. The number of pyridine rings is 1. The van der Waals surface area contributed by atoms with Crippen LogP contribution < -0.4 is 9.47 Å². The predicted octanol–water partition coefficient (Wildman–Crippen LogP) is 6.05. The number of ether oxygens (including phenoxy) is 2. The molecule has 0 amide bonds. The van der Waals surface area contributed by atoms with Crippen molar-refractivity contribution in [1.29, 1.82) is 0 Å². The Morgan fingerprint density at radius 2 is 1.73 bits per heavy atom. The molecule has 5 nitrogen and oxygen atoms in total. The van der Waals surface area contributed by atoms with Crippen molar-refractivity contribution in [2.24, 2.45) is 0 Å². The van der Waals surface area contributed by atoms with E-state index in [4.69, 9.17) is 16.3 Å². The molecule has 0 saturated heterocycles. The van der Waals surface area contributed by atoms with Crippen molar-refractivity contribution in [3.63, 3.8) is 0 Å². The zero-order chi connectivity index (χ0) is 21.0. The summed E-state index contributed by atoms with van der Waals surface area (Å²) in [7, 11) is 0. The van der Waals surface area contributed by atoms with Crippen molar-refractivity contribution in [1.82, 2.24) is 9.55 Å². The molecule has 5 rings (SSSR count). The number of aromatic nitrogens is 2. The van der Waals surface area contributed by atoms with Crippen molar-refractivity contribution in [2.75, 3.05) is 0 Å². The van der Waals surface area contributed by atoms with Gasteiger partial charge in [-0.05, 0) is 54.6 Å². The number of benzene rings is 2. The van der Waals surface area contributed by atoms with E-state index < -0.39 is 12.1 Å². The second kappa shape index (κ2) is 6.50. The van der Waals surface area contributed by atoms with E-state index in [-0.39, 0.29) is 22.6 Å². The molecule has 2 aromatic carbocycles. The lowest BCUT2D eigenvalue weighted by Crippen LogP contribution is -2.17. The van der Waals surface area contributed by atoms with Crippen molar-refractivity contribution >= 4 is 28.4 Å². The van der Waals surface area contributed by atoms with Crippen molar-refractivity contribution in [2.45, 2.75) is 6.36 Å². The minimum Gasteiger partial charge on any atom is -0.456 e. The lowest BCUT2D eigenvalue weighted by Gasteiger charge is -2.14. The minimum atomic E-state index is -4.86. The maximum atomic E-state index is 13.0. The number of hydrogen-bond acceptors (Lipinski definition) is 4. The third kappa shape index (κ3) is 3.05. The van der Waals surface area contributed by atoms with Crippen molar-refractivity contribution in [3.8, 4) is 28.6 Å². The average Bonchev–Trinajstić information content (AvgIpc) is 3.26. The second-order valence-electron chi connectivity index (χ2n) is 6.52. The molecule has 0 aliphatic carbocycles. The zero-order valence-corrected chi connectivity index (χ0v) is 15.7. The van der Waals surface area contributed by atoms with Gasteiger partial charge in [-0.3, -0.25) is 9.36 Å². The first kappa shape index (κ1) is 18.5. The molecule has 0 saturated carbocycles. The molecule has 0 bridgehead atoms. The summed E-state index contributed by atoms with van der Waals surface area (Å²) in [5.74, 6) is -0.368. The molecule has 0 unspecified atom stereocenters. The first-order valence-electron chi connectivity index (χ1n) is 8.69. The van der Waals surface area contributed by atoms with Crippen LogP contribution in [0.2, 0.25) is 5.02 Å². The highest BCUT2D eigenvalue weighted by molar-refractivity contribution is 6.30. The number of carbonyl (C=O) groups excluding carboxylic acids is 1. The molecule has 2 aromatic heterocycles. The maximum absolute atomic E-state index is 13.0. The fourth-order valence-electron chi connectivity index (χ4n) is 3.39. The third-order valence-corrected chi connectivity index (χ3v) is 4.85. The van der Waals surface area contributed by atoms with Gasteiger partial charge in [0.15, 0.2) is 5.75 Å². The SMILES string of the molecule is O=C1c2c(nc3ccc(OC(F)(F)F)cc3c2Oc2ccc(Cl)cc2)-c2cccn21. The van der Waals surface area contributed by atoms with E-state index in [1.54, 1.807) is 42.6 Å². The molecule has 0 spiro atoms. The Bertz CT molecular complexity index is 1310. The van der Waals surface area contributed by atoms with Gasteiger partial charge in [-0.25, -0.2) is 4.98 Å². The number of hydrogen-bond donors (Lipinski definition) is 0. The lowest BCUT2D eigenvalue weighted by atomic mass is 10.1. The van der Waals surface area contributed by atoms with Crippen LogP contribution in [-0.4, -0.2) is 21.8 Å². The zero-order valence-electron chi connectivity index (χ0n) is 14.9. The Morgan fingerprint density at radius 3 is 2.47 bits per heavy atom. The van der Waals surface area contributed by atoms with Crippen LogP contribution in [0.1, 0.15) is 10.4 Å². The highest BCUT2D eigenvalue weighted by atomic mass is 35.5. The fraction of sp³-hybridized carbons (Fsp3) is 0.0476. The molecule has 150 valence electrons.